The molecular formula is C51H79N6O15PS3. The fourth-order valence-corrected chi connectivity index (χ4v) is 12.5. The number of carboxylic acids is 1. The smallest absolute Gasteiger partial charge is 0.481 e. The van der Waals surface area contributed by atoms with Crippen molar-refractivity contribution >= 4 is 93.9 Å². The third-order valence-corrected chi connectivity index (χ3v) is 18.1. The van der Waals surface area contributed by atoms with E-state index in [1.54, 1.807) is 40.6 Å². The number of hydrogen-bond donors (Lipinski definition) is 6. The molecule has 1 unspecified atom stereocenters. The molecule has 0 spiro atoms. The Labute approximate surface area is 458 Å². The Morgan fingerprint density at radius 2 is 1.72 bits per heavy atom. The summed E-state index contributed by atoms with van der Waals surface area (Å²) in [5.74, 6) is -4.45. The maximum atomic E-state index is 14.4. The maximum absolute atomic E-state index is 14.4. The number of amides is 4. The number of nitrogens with one attached hydrogen (secondary N) is 3. The number of carbonyl (C=O) groups is 8. The van der Waals surface area contributed by atoms with Gasteiger partial charge in [0, 0.05) is 80.6 Å². The molecule has 0 aliphatic carbocycles. The molecule has 0 radical (unpaired) electrons. The highest BCUT2D eigenvalue weighted by Crippen LogP contribution is 2.40. The average molecular weight is 1140 g/mol. The van der Waals surface area contributed by atoms with Crippen molar-refractivity contribution in [2.24, 2.45) is 23.7 Å². The van der Waals surface area contributed by atoms with Gasteiger partial charge in [0.05, 0.1) is 17.6 Å². The topological polar surface area (TPSA) is 297 Å². The van der Waals surface area contributed by atoms with Crippen molar-refractivity contribution in [1.29, 1.82) is 0 Å². The van der Waals surface area contributed by atoms with Crippen molar-refractivity contribution in [1.82, 2.24) is 25.4 Å². The number of phosphoric ester groups is 1. The lowest BCUT2D eigenvalue weighted by Crippen LogP contribution is -2.48. The van der Waals surface area contributed by atoms with E-state index in [0.29, 0.717) is 37.0 Å². The molecule has 1 aromatic carbocycles. The number of esters is 1. The van der Waals surface area contributed by atoms with Gasteiger partial charge in [-0.1, -0.05) is 75.1 Å². The lowest BCUT2D eigenvalue weighted by molar-refractivity contribution is -0.149. The number of likely N-dealkylation sites (tertiary alicyclic amines) is 1. The van der Waals surface area contributed by atoms with Crippen LogP contribution in [0.3, 0.4) is 0 Å². The number of hydrogen-bond acceptors (Lipinski definition) is 17. The Kier molecular flexibility index (Phi) is 26.9. The zero-order valence-electron chi connectivity index (χ0n) is 45.6. The minimum atomic E-state index is -5.31. The summed E-state index contributed by atoms with van der Waals surface area (Å²) in [7, 11) is 3.04. The van der Waals surface area contributed by atoms with Crippen molar-refractivity contribution in [3.63, 3.8) is 0 Å². The number of likely N-dealkylation sites (N-methyl/N-ethyl adjacent to an activating group) is 1. The number of ether oxygens (including phenoxy) is 2. The summed E-state index contributed by atoms with van der Waals surface area (Å²) in [6.07, 6.45) is 2.32. The molecule has 1 fully saturated rings. The third kappa shape index (κ3) is 22.4. The fourth-order valence-electron chi connectivity index (χ4n) is 8.76. The van der Waals surface area contributed by atoms with Crippen LogP contribution in [0.15, 0.2) is 23.6 Å². The molecule has 76 heavy (non-hydrogen) atoms. The molecule has 21 nitrogen and oxygen atoms in total. The lowest BCUT2D eigenvalue weighted by Gasteiger charge is -2.37. The summed E-state index contributed by atoms with van der Waals surface area (Å²) in [5.41, 5.74) is 0.285. The van der Waals surface area contributed by atoms with Crippen LogP contribution in [0, 0.1) is 23.7 Å². The molecule has 0 bridgehead atoms. The Bertz CT molecular complexity index is 2370. The molecule has 2 aromatic rings. The second kappa shape index (κ2) is 31.1. The van der Waals surface area contributed by atoms with Crippen LogP contribution >= 0.6 is 40.7 Å². The summed E-state index contributed by atoms with van der Waals surface area (Å²) >= 11 is 1.07. The van der Waals surface area contributed by atoms with Gasteiger partial charge in [-0.3, -0.25) is 48.2 Å². The predicted molar refractivity (Wildman–Crippen MR) is 293 cm³/mol. The van der Waals surface area contributed by atoms with Crippen molar-refractivity contribution in [2.45, 2.75) is 161 Å². The molecule has 0 saturated carbocycles. The van der Waals surface area contributed by atoms with Gasteiger partial charge >= 0.3 is 25.9 Å². The second-order valence-corrected chi connectivity index (χ2v) is 25.6. The number of benzene rings is 1. The van der Waals surface area contributed by atoms with E-state index < -0.39 is 67.8 Å². The number of ketones is 1. The van der Waals surface area contributed by atoms with E-state index in [1.807, 2.05) is 48.6 Å². The number of anilines is 1. The highest BCUT2D eigenvalue weighted by Gasteiger charge is 2.38. The van der Waals surface area contributed by atoms with Gasteiger partial charge < -0.3 is 40.0 Å². The number of aliphatic carboxylic acids is 1. The number of phosphoric acid groups is 1. The zero-order valence-corrected chi connectivity index (χ0v) is 48.9. The minimum absolute atomic E-state index is 0.00445. The van der Waals surface area contributed by atoms with Gasteiger partial charge in [-0.05, 0) is 95.5 Å². The van der Waals surface area contributed by atoms with Crippen molar-refractivity contribution in [3.8, 4) is 5.75 Å². The maximum Gasteiger partial charge on any atom is 0.529 e. The Morgan fingerprint density at radius 3 is 2.33 bits per heavy atom. The molecule has 3 rings (SSSR count). The average Bonchev–Trinajstić information content (AvgIpc) is 3.84. The Hall–Kier alpha value is -4.58. The number of aromatic nitrogens is 1. The van der Waals surface area contributed by atoms with Gasteiger partial charge in [-0.25, -0.2) is 14.3 Å². The largest absolute Gasteiger partial charge is 0.529 e. The van der Waals surface area contributed by atoms with Crippen molar-refractivity contribution < 1.29 is 71.8 Å². The molecule has 426 valence electrons. The van der Waals surface area contributed by atoms with Gasteiger partial charge in [0.15, 0.2) is 17.6 Å². The Morgan fingerprint density at radius 1 is 1.03 bits per heavy atom. The number of thiazole rings is 1. The van der Waals surface area contributed by atoms with Crippen LogP contribution in [0.25, 0.3) is 0 Å². The number of rotatable bonds is 31. The number of carboxylic acid groups (broad SMARTS) is 1. The SMILES string of the molecule is CC[C@H](C)[C@H](CC(=O)[C@H]1CCCCN1C)C(=O)N(C)[C@H](C[C@@H](OC(C)=O)c1nc(C(=O)N[C@@H](Cc2ccc(OC(=O)OP(=O)(O)O)c(NC(=O)CCC(C)(C)SSCCCC(=O)NC)c2)CC(C)C(=O)O)cs1)C(C)C. The molecule has 4 amide bonds. The standard InChI is InChI=1S/C51H79N6O15PS3/c1-12-31(4)36(27-41(59)39-16-13-14-22-56(39)10)48(63)57(11)40(30(2)3)28-43(70-33(6)58)47-55-38(29-74-47)46(62)53-35(24-32(5)49(64)65)25-34-18-19-42(71-50(66)72-73(67,68)69)37(26-34)54-45(61)20-21-51(7,8)76-75-23-15-17-44(60)52-9/h18-19,26,29-32,35-36,39-40,43H,12-17,20-25,27-28H2,1-11H3,(H,52,60)(H,53,62)(H,54,61)(H,64,65)(H2,67,68,69)/t31-,32?,35+,36-,39+,40+,43+/m0/s1. The molecule has 1 aromatic heterocycles. The molecule has 25 heteroatoms. The van der Waals surface area contributed by atoms with Crippen molar-refractivity contribution in [2.75, 3.05) is 38.8 Å². The van der Waals surface area contributed by atoms with Crippen LogP contribution in [-0.2, 0) is 49.0 Å². The zero-order chi connectivity index (χ0) is 57.1. The normalized spacial score (nSPS) is 16.5. The first-order chi connectivity index (χ1) is 35.5. The minimum Gasteiger partial charge on any atom is -0.481 e. The van der Waals surface area contributed by atoms with Crippen LogP contribution in [-0.4, -0.2) is 133 Å². The van der Waals surface area contributed by atoms with Crippen LogP contribution in [0.2, 0.25) is 0 Å². The summed E-state index contributed by atoms with van der Waals surface area (Å²) in [6.45, 7) is 15.3. The molecule has 1 saturated heterocycles. The predicted octanol–water partition coefficient (Wildman–Crippen LogP) is 8.19. The van der Waals surface area contributed by atoms with Gasteiger partial charge in [-0.15, -0.1) is 11.3 Å². The Balaban J connectivity index is 1.88. The molecular weight excluding hydrogens is 1060 g/mol. The molecule has 7 atom stereocenters. The molecule has 2 heterocycles. The third-order valence-electron chi connectivity index (χ3n) is 13.4. The van der Waals surface area contributed by atoms with Crippen LogP contribution < -0.4 is 20.7 Å². The number of Topliss-reactive ketones (excluding diaryl/α,β-unsaturated/α-hetero) is 1. The quantitative estimate of drug-likeness (QED) is 0.0136. The lowest BCUT2D eigenvalue weighted by atomic mass is 9.83. The van der Waals surface area contributed by atoms with E-state index in [0.717, 1.165) is 37.1 Å². The number of nitrogens with zero attached hydrogens (tertiary/aromatic N) is 3. The van der Waals surface area contributed by atoms with E-state index in [2.05, 4.69) is 30.4 Å². The van der Waals surface area contributed by atoms with Crippen LogP contribution in [0.4, 0.5) is 10.5 Å². The first-order valence-corrected chi connectivity index (χ1v) is 30.3. The highest BCUT2D eigenvalue weighted by molar-refractivity contribution is 8.77. The van der Waals surface area contributed by atoms with E-state index >= 15 is 0 Å². The first kappa shape index (κ1) is 65.7. The van der Waals surface area contributed by atoms with E-state index in [4.69, 9.17) is 9.47 Å². The summed E-state index contributed by atoms with van der Waals surface area (Å²) in [4.78, 5) is 131. The van der Waals surface area contributed by atoms with Gasteiger partial charge in [0.2, 0.25) is 17.7 Å². The van der Waals surface area contributed by atoms with Crippen LogP contribution in [0.1, 0.15) is 153 Å². The molecule has 6 N–H and O–H groups in total. The van der Waals surface area contributed by atoms with Crippen LogP contribution in [0.5, 0.6) is 5.75 Å². The monoisotopic (exact) mass is 1140 g/mol. The van der Waals surface area contributed by atoms with Gasteiger partial charge in [-0.2, -0.15) is 0 Å². The summed E-state index contributed by atoms with van der Waals surface area (Å²) in [6, 6.07) is 2.54. The first-order valence-electron chi connectivity index (χ1n) is 25.6. The van der Waals surface area contributed by atoms with Gasteiger partial charge in [0.1, 0.15) is 10.7 Å². The van der Waals surface area contributed by atoms with E-state index in [-0.39, 0.29) is 94.5 Å². The fraction of sp³-hybridized carbons (Fsp3) is 0.667. The van der Waals surface area contributed by atoms with Crippen molar-refractivity contribution in [3.05, 3.63) is 39.8 Å². The van der Waals surface area contributed by atoms with E-state index in [1.165, 1.54) is 37.4 Å². The summed E-state index contributed by atoms with van der Waals surface area (Å²) < 4.78 is 26.0. The number of carbonyl (C=O) groups excluding carboxylic acids is 7. The highest BCUT2D eigenvalue weighted by atomic mass is 33.1. The second-order valence-electron chi connectivity index (χ2n) is 20.4. The molecule has 1 aliphatic heterocycles. The molecule has 1 aliphatic rings. The summed E-state index contributed by atoms with van der Waals surface area (Å²) in [5, 5.41) is 19.8. The van der Waals surface area contributed by atoms with Gasteiger partial charge in [0.25, 0.3) is 5.91 Å². The van der Waals surface area contributed by atoms with E-state index in [9.17, 15) is 57.8 Å². The number of piperidine rings is 1.